The molecule has 0 saturated heterocycles. The molecule has 0 radical (unpaired) electrons. The van der Waals surface area contributed by atoms with Gasteiger partial charge in [-0.1, -0.05) is 13.3 Å². The van der Waals surface area contributed by atoms with Crippen LogP contribution in [0.2, 0.25) is 0 Å². The number of carbonyl (C=O) groups excluding carboxylic acids is 1. The molecule has 108 valence electrons. The third-order valence-corrected chi connectivity index (χ3v) is 5.80. The molecule has 0 heterocycles. The molecule has 4 aliphatic carbocycles. The fraction of sp³-hybridized carbons (Fsp3) is 0.938. The average molecular weight is 264 g/mol. The van der Waals surface area contributed by atoms with Crippen molar-refractivity contribution in [3.8, 4) is 0 Å². The van der Waals surface area contributed by atoms with Gasteiger partial charge in [-0.3, -0.25) is 4.79 Å². The predicted octanol–water partition coefficient (Wildman–Crippen LogP) is 2.30. The van der Waals surface area contributed by atoms with Crippen molar-refractivity contribution >= 4 is 5.91 Å². The van der Waals surface area contributed by atoms with Crippen molar-refractivity contribution < 1.29 is 4.79 Å². The highest BCUT2D eigenvalue weighted by Gasteiger charge is 2.50. The summed E-state index contributed by atoms with van der Waals surface area (Å²) in [5, 5.41) is 3.23. The SMILES string of the molecule is CCCC(CN)NC(=O)C1C2CC3CC(C2)CC1C3. The molecule has 4 rings (SSSR count). The van der Waals surface area contributed by atoms with Gasteiger partial charge in [-0.2, -0.15) is 0 Å². The number of nitrogens with two attached hydrogens (primary N) is 1. The zero-order chi connectivity index (χ0) is 13.4. The number of rotatable bonds is 5. The molecule has 4 aliphatic rings. The minimum absolute atomic E-state index is 0.190. The Morgan fingerprint density at radius 3 is 2.21 bits per heavy atom. The van der Waals surface area contributed by atoms with E-state index in [1.54, 1.807) is 0 Å². The van der Waals surface area contributed by atoms with E-state index in [0.717, 1.165) is 24.7 Å². The Kier molecular flexibility index (Phi) is 3.84. The van der Waals surface area contributed by atoms with Crippen LogP contribution < -0.4 is 11.1 Å². The minimum atomic E-state index is 0.190. The van der Waals surface area contributed by atoms with E-state index in [1.807, 2.05) is 0 Å². The van der Waals surface area contributed by atoms with Gasteiger partial charge < -0.3 is 11.1 Å². The smallest absolute Gasteiger partial charge is 0.223 e. The van der Waals surface area contributed by atoms with E-state index >= 15 is 0 Å². The molecule has 4 fully saturated rings. The Hall–Kier alpha value is -0.570. The molecule has 4 bridgehead atoms. The molecular weight excluding hydrogens is 236 g/mol. The molecule has 3 N–H and O–H groups in total. The van der Waals surface area contributed by atoms with Gasteiger partial charge in [0.15, 0.2) is 0 Å². The standard InChI is InChI=1S/C16H28N2O/c1-2-3-14(9-17)18-16(19)15-12-5-10-4-11(7-12)8-13(15)6-10/h10-15H,2-9,17H2,1H3,(H,18,19). The average Bonchev–Trinajstić information content (AvgIpc) is 2.36. The van der Waals surface area contributed by atoms with Crippen molar-refractivity contribution in [1.82, 2.24) is 5.32 Å². The van der Waals surface area contributed by atoms with Crippen molar-refractivity contribution in [2.24, 2.45) is 35.3 Å². The first-order valence-corrected chi connectivity index (χ1v) is 8.21. The first-order chi connectivity index (χ1) is 9.21. The Morgan fingerprint density at radius 2 is 1.74 bits per heavy atom. The predicted molar refractivity (Wildman–Crippen MR) is 76.4 cm³/mol. The summed E-state index contributed by atoms with van der Waals surface area (Å²) in [6, 6.07) is 0.190. The monoisotopic (exact) mass is 264 g/mol. The van der Waals surface area contributed by atoms with Crippen LogP contribution in [0.4, 0.5) is 0 Å². The topological polar surface area (TPSA) is 55.1 Å². The molecule has 0 aliphatic heterocycles. The van der Waals surface area contributed by atoms with Crippen LogP contribution in [0.1, 0.15) is 51.9 Å². The molecular formula is C16H28N2O. The van der Waals surface area contributed by atoms with Gasteiger partial charge in [0.05, 0.1) is 0 Å². The van der Waals surface area contributed by atoms with Crippen LogP contribution in [0.5, 0.6) is 0 Å². The maximum Gasteiger partial charge on any atom is 0.223 e. The van der Waals surface area contributed by atoms with Gasteiger partial charge >= 0.3 is 0 Å². The second-order valence-corrected chi connectivity index (χ2v) is 7.19. The van der Waals surface area contributed by atoms with Crippen LogP contribution in [-0.4, -0.2) is 18.5 Å². The number of amides is 1. The van der Waals surface area contributed by atoms with Crippen molar-refractivity contribution in [3.05, 3.63) is 0 Å². The van der Waals surface area contributed by atoms with Crippen molar-refractivity contribution in [2.75, 3.05) is 6.54 Å². The number of carbonyl (C=O) groups is 1. The maximum atomic E-state index is 12.6. The fourth-order valence-electron chi connectivity index (χ4n) is 5.25. The molecule has 1 atom stereocenters. The van der Waals surface area contributed by atoms with E-state index in [1.165, 1.54) is 32.1 Å². The second kappa shape index (κ2) is 5.43. The van der Waals surface area contributed by atoms with Gasteiger partial charge in [0, 0.05) is 18.5 Å². The molecule has 3 nitrogen and oxygen atoms in total. The van der Waals surface area contributed by atoms with Crippen LogP contribution in [0.15, 0.2) is 0 Å². The summed E-state index contributed by atoms with van der Waals surface area (Å²) in [4.78, 5) is 12.6. The van der Waals surface area contributed by atoms with Gasteiger partial charge in [0.2, 0.25) is 5.91 Å². The van der Waals surface area contributed by atoms with Gasteiger partial charge in [-0.25, -0.2) is 0 Å². The first kappa shape index (κ1) is 13.4. The second-order valence-electron chi connectivity index (χ2n) is 7.19. The summed E-state index contributed by atoms with van der Waals surface area (Å²) in [5.74, 6) is 3.85. The molecule has 4 saturated carbocycles. The van der Waals surface area contributed by atoms with E-state index in [-0.39, 0.29) is 6.04 Å². The lowest BCUT2D eigenvalue weighted by Crippen LogP contribution is -2.53. The first-order valence-electron chi connectivity index (χ1n) is 8.21. The quantitative estimate of drug-likeness (QED) is 0.800. The molecule has 1 unspecified atom stereocenters. The van der Waals surface area contributed by atoms with Gasteiger partial charge in [-0.15, -0.1) is 0 Å². The lowest BCUT2D eigenvalue weighted by Gasteiger charge is -2.53. The third kappa shape index (κ3) is 2.54. The summed E-state index contributed by atoms with van der Waals surface area (Å²) in [5.41, 5.74) is 5.77. The number of nitrogens with one attached hydrogen (secondary N) is 1. The minimum Gasteiger partial charge on any atom is -0.352 e. The van der Waals surface area contributed by atoms with E-state index in [9.17, 15) is 4.79 Å². The Bertz CT molecular complexity index is 314. The van der Waals surface area contributed by atoms with Gasteiger partial charge in [0.1, 0.15) is 0 Å². The molecule has 19 heavy (non-hydrogen) atoms. The summed E-state index contributed by atoms with van der Waals surface area (Å²) >= 11 is 0. The molecule has 0 aromatic carbocycles. The fourth-order valence-corrected chi connectivity index (χ4v) is 5.25. The van der Waals surface area contributed by atoms with Crippen LogP contribution in [0, 0.1) is 29.6 Å². The van der Waals surface area contributed by atoms with E-state index < -0.39 is 0 Å². The molecule has 0 aromatic rings. The van der Waals surface area contributed by atoms with Gasteiger partial charge in [0.25, 0.3) is 0 Å². The van der Waals surface area contributed by atoms with E-state index in [4.69, 9.17) is 5.73 Å². The van der Waals surface area contributed by atoms with E-state index in [2.05, 4.69) is 12.2 Å². The van der Waals surface area contributed by atoms with Gasteiger partial charge in [-0.05, 0) is 62.2 Å². The molecule has 0 spiro atoms. The molecule has 0 aromatic heterocycles. The summed E-state index contributed by atoms with van der Waals surface area (Å²) in [7, 11) is 0. The number of hydrogen-bond acceptors (Lipinski definition) is 2. The van der Waals surface area contributed by atoms with Crippen LogP contribution >= 0.6 is 0 Å². The number of hydrogen-bond donors (Lipinski definition) is 2. The highest BCUT2D eigenvalue weighted by Crippen LogP contribution is 2.56. The largest absolute Gasteiger partial charge is 0.352 e. The highest BCUT2D eigenvalue weighted by molar-refractivity contribution is 5.80. The van der Waals surface area contributed by atoms with E-state index in [0.29, 0.717) is 30.2 Å². The zero-order valence-corrected chi connectivity index (χ0v) is 12.1. The molecule has 1 amide bonds. The summed E-state index contributed by atoms with van der Waals surface area (Å²) in [6.45, 7) is 2.73. The maximum absolute atomic E-state index is 12.6. The van der Waals surface area contributed by atoms with Crippen LogP contribution in [-0.2, 0) is 4.79 Å². The third-order valence-electron chi connectivity index (χ3n) is 5.80. The van der Waals surface area contributed by atoms with Crippen molar-refractivity contribution in [2.45, 2.75) is 57.9 Å². The normalized spacial score (nSPS) is 41.3. The lowest BCUT2D eigenvalue weighted by molar-refractivity contribution is -0.138. The Balaban J connectivity index is 1.63. The highest BCUT2D eigenvalue weighted by atomic mass is 16.2. The lowest BCUT2D eigenvalue weighted by atomic mass is 9.51. The summed E-state index contributed by atoms with van der Waals surface area (Å²) in [6.07, 6.45) is 8.79. The van der Waals surface area contributed by atoms with Crippen molar-refractivity contribution in [1.29, 1.82) is 0 Å². The van der Waals surface area contributed by atoms with Crippen LogP contribution in [0.25, 0.3) is 0 Å². The summed E-state index contributed by atoms with van der Waals surface area (Å²) < 4.78 is 0. The Labute approximate surface area is 116 Å². The van der Waals surface area contributed by atoms with Crippen LogP contribution in [0.3, 0.4) is 0 Å². The molecule has 3 heteroatoms. The zero-order valence-electron chi connectivity index (χ0n) is 12.1. The Morgan fingerprint density at radius 1 is 1.16 bits per heavy atom. The van der Waals surface area contributed by atoms with Crippen molar-refractivity contribution in [3.63, 3.8) is 0 Å².